The first-order valence-corrected chi connectivity index (χ1v) is 11.7. The van der Waals surface area contributed by atoms with Gasteiger partial charge in [-0.15, -0.1) is 0 Å². The minimum absolute atomic E-state index is 0.363. The first kappa shape index (κ1) is 19.7. The van der Waals surface area contributed by atoms with Crippen molar-refractivity contribution in [3.8, 4) is 0 Å². The van der Waals surface area contributed by atoms with Crippen molar-refractivity contribution in [2.45, 2.75) is 110 Å². The van der Waals surface area contributed by atoms with E-state index in [2.05, 4.69) is 26.0 Å². The fourth-order valence-corrected chi connectivity index (χ4v) is 7.40. The van der Waals surface area contributed by atoms with Crippen LogP contribution in [0.15, 0.2) is 23.3 Å². The van der Waals surface area contributed by atoms with Gasteiger partial charge in [0.15, 0.2) is 0 Å². The molecule has 0 aromatic heterocycles. The smallest absolute Gasteiger partial charge is 0.0602 e. The molecule has 0 amide bonds. The Morgan fingerprint density at radius 1 is 1.00 bits per heavy atom. The summed E-state index contributed by atoms with van der Waals surface area (Å²) in [7, 11) is 0. The number of rotatable bonds is 4. The standard InChI is InChI=1S/C25H40O2/c1-3-11-25(13-14-25)23-8-4-7-22-19(6-5-12-24(22,23)2)10-9-18-15-20(26)17-21(27)16-18/h9-10,20-23,26-27H,3-8,11-17H2,1-2H3/b19-10+/t20-,21-,22+,23?,24+/m1/s1. The van der Waals surface area contributed by atoms with Crippen LogP contribution in [0, 0.1) is 22.7 Å². The summed E-state index contributed by atoms with van der Waals surface area (Å²) in [5, 5.41) is 20.0. The van der Waals surface area contributed by atoms with Crippen LogP contribution < -0.4 is 0 Å². The van der Waals surface area contributed by atoms with Gasteiger partial charge in [0.05, 0.1) is 12.2 Å². The zero-order valence-electron chi connectivity index (χ0n) is 17.6. The van der Waals surface area contributed by atoms with E-state index in [0.717, 1.165) is 24.7 Å². The van der Waals surface area contributed by atoms with Crippen LogP contribution in [-0.2, 0) is 0 Å². The van der Waals surface area contributed by atoms with Crippen LogP contribution in [0.25, 0.3) is 0 Å². The quantitative estimate of drug-likeness (QED) is 0.642. The van der Waals surface area contributed by atoms with Crippen molar-refractivity contribution in [2.24, 2.45) is 22.7 Å². The van der Waals surface area contributed by atoms with Gasteiger partial charge in [-0.25, -0.2) is 0 Å². The van der Waals surface area contributed by atoms with Gasteiger partial charge in [0, 0.05) is 0 Å². The largest absolute Gasteiger partial charge is 0.393 e. The Balaban J connectivity index is 1.55. The topological polar surface area (TPSA) is 40.5 Å². The Kier molecular flexibility index (Phi) is 5.60. The van der Waals surface area contributed by atoms with Gasteiger partial charge >= 0.3 is 0 Å². The molecule has 0 aliphatic heterocycles. The maximum atomic E-state index is 9.98. The number of aliphatic hydroxyl groups excluding tert-OH is 2. The average molecular weight is 373 g/mol. The van der Waals surface area contributed by atoms with Gasteiger partial charge in [0.2, 0.25) is 0 Å². The Labute approximate surface area is 166 Å². The third-order valence-corrected chi connectivity index (χ3v) is 8.66. The molecule has 2 heteroatoms. The SMILES string of the molecule is CCCC1(C2CCC[C@H]3/C(=C/C=C4C[C@@H](O)C[C@H](O)C4)CCC[C@]23C)CC1. The second-order valence-corrected chi connectivity index (χ2v) is 10.5. The Bertz CT molecular complexity index is 587. The molecule has 0 aromatic rings. The van der Waals surface area contributed by atoms with Gasteiger partial charge < -0.3 is 10.2 Å². The summed E-state index contributed by atoms with van der Waals surface area (Å²) in [5.74, 6) is 1.69. The summed E-state index contributed by atoms with van der Waals surface area (Å²) >= 11 is 0. The second kappa shape index (κ2) is 7.67. The number of hydrogen-bond acceptors (Lipinski definition) is 2. The highest BCUT2D eigenvalue weighted by Crippen LogP contribution is 2.68. The normalized spacial score (nSPS) is 42.7. The lowest BCUT2D eigenvalue weighted by Crippen LogP contribution is -2.46. The summed E-state index contributed by atoms with van der Waals surface area (Å²) in [4.78, 5) is 0. The summed E-state index contributed by atoms with van der Waals surface area (Å²) in [6, 6.07) is 0. The third kappa shape index (κ3) is 3.81. The Hall–Kier alpha value is -0.600. The molecule has 2 N–H and O–H groups in total. The zero-order valence-corrected chi connectivity index (χ0v) is 17.6. The highest BCUT2D eigenvalue weighted by molar-refractivity contribution is 5.26. The molecule has 4 aliphatic rings. The van der Waals surface area contributed by atoms with Gasteiger partial charge in [-0.2, -0.15) is 0 Å². The van der Waals surface area contributed by atoms with Crippen LogP contribution >= 0.6 is 0 Å². The lowest BCUT2D eigenvalue weighted by Gasteiger charge is -2.54. The van der Waals surface area contributed by atoms with Crippen molar-refractivity contribution >= 4 is 0 Å². The van der Waals surface area contributed by atoms with E-state index in [1.54, 1.807) is 5.57 Å². The molecule has 0 bridgehead atoms. The van der Waals surface area contributed by atoms with Gasteiger partial charge in [0.1, 0.15) is 0 Å². The molecule has 152 valence electrons. The fourth-order valence-electron chi connectivity index (χ4n) is 7.40. The van der Waals surface area contributed by atoms with Crippen LogP contribution in [0.1, 0.15) is 97.3 Å². The summed E-state index contributed by atoms with van der Waals surface area (Å²) in [5.41, 5.74) is 4.08. The van der Waals surface area contributed by atoms with Crippen molar-refractivity contribution in [1.29, 1.82) is 0 Å². The summed E-state index contributed by atoms with van der Waals surface area (Å²) < 4.78 is 0. The van der Waals surface area contributed by atoms with E-state index in [-0.39, 0.29) is 12.2 Å². The van der Waals surface area contributed by atoms with E-state index in [1.165, 1.54) is 69.8 Å². The molecular weight excluding hydrogens is 332 g/mol. The van der Waals surface area contributed by atoms with Crippen molar-refractivity contribution in [3.63, 3.8) is 0 Å². The molecule has 1 unspecified atom stereocenters. The maximum absolute atomic E-state index is 9.98. The fraction of sp³-hybridized carbons (Fsp3) is 0.840. The van der Waals surface area contributed by atoms with Crippen LogP contribution in [0.5, 0.6) is 0 Å². The first-order valence-electron chi connectivity index (χ1n) is 11.7. The minimum atomic E-state index is -0.363. The van der Waals surface area contributed by atoms with Gasteiger partial charge in [0.25, 0.3) is 0 Å². The number of aliphatic hydroxyl groups is 2. The summed E-state index contributed by atoms with van der Waals surface area (Å²) in [6.07, 6.45) is 19.9. The molecular formula is C25H40O2. The van der Waals surface area contributed by atoms with Gasteiger partial charge in [-0.1, -0.05) is 50.0 Å². The maximum Gasteiger partial charge on any atom is 0.0602 e. The monoisotopic (exact) mass is 372 g/mol. The molecule has 0 spiro atoms. The van der Waals surface area contributed by atoms with E-state index in [9.17, 15) is 10.2 Å². The van der Waals surface area contributed by atoms with Crippen LogP contribution in [0.3, 0.4) is 0 Å². The van der Waals surface area contributed by atoms with Gasteiger partial charge in [-0.3, -0.25) is 0 Å². The average Bonchev–Trinajstić information content (AvgIpc) is 3.38. The van der Waals surface area contributed by atoms with Crippen molar-refractivity contribution in [2.75, 3.05) is 0 Å². The number of allylic oxidation sites excluding steroid dienone is 3. The zero-order chi connectivity index (χ0) is 19.1. The minimum Gasteiger partial charge on any atom is -0.393 e. The summed E-state index contributed by atoms with van der Waals surface area (Å²) in [6.45, 7) is 5.00. The molecule has 4 fully saturated rings. The van der Waals surface area contributed by atoms with E-state index in [0.29, 0.717) is 17.3 Å². The molecule has 4 aliphatic carbocycles. The molecule has 5 atom stereocenters. The predicted octanol–water partition coefficient (Wildman–Crippen LogP) is 5.93. The van der Waals surface area contributed by atoms with E-state index < -0.39 is 0 Å². The molecule has 0 aromatic carbocycles. The Morgan fingerprint density at radius 3 is 2.41 bits per heavy atom. The molecule has 4 rings (SSSR count). The van der Waals surface area contributed by atoms with Crippen molar-refractivity contribution in [1.82, 2.24) is 0 Å². The highest BCUT2D eigenvalue weighted by atomic mass is 16.3. The Morgan fingerprint density at radius 2 is 1.74 bits per heavy atom. The van der Waals surface area contributed by atoms with Crippen LogP contribution in [-0.4, -0.2) is 22.4 Å². The predicted molar refractivity (Wildman–Crippen MR) is 111 cm³/mol. The van der Waals surface area contributed by atoms with Crippen molar-refractivity contribution < 1.29 is 10.2 Å². The molecule has 0 saturated heterocycles. The van der Waals surface area contributed by atoms with Crippen molar-refractivity contribution in [3.05, 3.63) is 23.3 Å². The van der Waals surface area contributed by atoms with E-state index in [4.69, 9.17) is 0 Å². The number of fused-ring (bicyclic) bond motifs is 1. The second-order valence-electron chi connectivity index (χ2n) is 10.5. The molecule has 27 heavy (non-hydrogen) atoms. The van der Waals surface area contributed by atoms with E-state index in [1.807, 2.05) is 0 Å². The van der Waals surface area contributed by atoms with E-state index >= 15 is 0 Å². The lowest BCUT2D eigenvalue weighted by molar-refractivity contribution is -0.0154. The molecule has 2 nitrogen and oxygen atoms in total. The lowest BCUT2D eigenvalue weighted by atomic mass is 9.50. The highest BCUT2D eigenvalue weighted by Gasteiger charge is 2.58. The third-order valence-electron chi connectivity index (χ3n) is 8.66. The van der Waals surface area contributed by atoms with Gasteiger partial charge in [-0.05, 0) is 93.3 Å². The van der Waals surface area contributed by atoms with Crippen LogP contribution in [0.4, 0.5) is 0 Å². The molecule has 0 heterocycles. The van der Waals surface area contributed by atoms with Crippen LogP contribution in [0.2, 0.25) is 0 Å². The molecule has 4 saturated carbocycles. The first-order chi connectivity index (χ1) is 13.0. The number of hydrogen-bond donors (Lipinski definition) is 2. The molecule has 0 radical (unpaired) electrons.